The molecule has 3 heterocycles. The molecule has 0 aromatic rings. The lowest BCUT2D eigenvalue weighted by Crippen LogP contribution is -2.75. The van der Waals surface area contributed by atoms with Crippen molar-refractivity contribution in [2.75, 3.05) is 0 Å². The number of aliphatic hydroxyl groups excluding tert-OH is 4. The van der Waals surface area contributed by atoms with E-state index in [0.717, 1.165) is 12.5 Å². The summed E-state index contributed by atoms with van der Waals surface area (Å²) in [6.45, 7) is 17.4. The Labute approximate surface area is 344 Å². The number of ether oxygens (including phenoxy) is 3. The zero-order chi connectivity index (χ0) is 44.1. The second-order valence-corrected chi connectivity index (χ2v) is 18.2. The molecule has 2 bridgehead atoms. The van der Waals surface area contributed by atoms with Crippen LogP contribution in [0.25, 0.3) is 0 Å². The Balaban J connectivity index is 2.06. The van der Waals surface area contributed by atoms with E-state index in [1.165, 1.54) is 40.7 Å². The summed E-state index contributed by atoms with van der Waals surface area (Å²) in [7, 11) is 0. The van der Waals surface area contributed by atoms with Gasteiger partial charge in [-0.25, -0.2) is 4.79 Å². The second-order valence-electron chi connectivity index (χ2n) is 18.2. The van der Waals surface area contributed by atoms with Gasteiger partial charge in [-0.1, -0.05) is 85.8 Å². The van der Waals surface area contributed by atoms with Crippen molar-refractivity contribution in [1.29, 1.82) is 0 Å². The average molecular weight is 821 g/mol. The third-order valence-corrected chi connectivity index (χ3v) is 13.3. The van der Waals surface area contributed by atoms with Crippen molar-refractivity contribution < 1.29 is 64.0 Å². The van der Waals surface area contributed by atoms with Gasteiger partial charge in [-0.15, -0.1) is 0 Å². The van der Waals surface area contributed by atoms with E-state index in [2.05, 4.69) is 0 Å². The molecule has 2 fully saturated rings. The highest BCUT2D eigenvalue weighted by Gasteiger charge is 2.69. The molecule has 6 N–H and O–H groups in total. The van der Waals surface area contributed by atoms with Crippen molar-refractivity contribution in [3.63, 3.8) is 0 Å². The zero-order valence-corrected chi connectivity index (χ0v) is 36.4. The molecule has 0 aromatic heterocycles. The number of ketones is 3. The Bertz CT molecular complexity index is 1510. The van der Waals surface area contributed by atoms with Crippen LogP contribution < -0.4 is 0 Å². The SMILES string of the molecule is CC[C@H]1C=C/C=C\C[C@@H](C)[C@H](O)[C@@](C)(O)C(=O)[C@@H](C)[C@H](O)[C@@H](C)C(=O)[C@@H](C)[C@H](O)[C@@H](C)/C=C\C(=O)O[C@@H]2[C@H](C)[C@H](CC1)O[C@@]1(O[C@@H](C[C@@H](C)O)[C@@H](C)CC1=O)[C@]2(C)O. The van der Waals surface area contributed by atoms with Gasteiger partial charge >= 0.3 is 5.97 Å². The van der Waals surface area contributed by atoms with Gasteiger partial charge in [0.2, 0.25) is 0 Å². The molecular weight excluding hydrogens is 748 g/mol. The van der Waals surface area contributed by atoms with Gasteiger partial charge in [-0.05, 0) is 70.6 Å². The van der Waals surface area contributed by atoms with Crippen LogP contribution in [0.3, 0.4) is 0 Å². The second kappa shape index (κ2) is 20.3. The molecule has 13 heteroatoms. The predicted octanol–water partition coefficient (Wildman–Crippen LogP) is 4.18. The van der Waals surface area contributed by atoms with E-state index in [0.29, 0.717) is 19.3 Å². The number of fused-ring (bicyclic) bond motifs is 2. The van der Waals surface area contributed by atoms with Crippen LogP contribution in [-0.4, -0.2) is 114 Å². The highest BCUT2D eigenvalue weighted by molar-refractivity contribution is 5.91. The van der Waals surface area contributed by atoms with Gasteiger partial charge in [0.1, 0.15) is 17.5 Å². The predicted molar refractivity (Wildman–Crippen MR) is 217 cm³/mol. The van der Waals surface area contributed by atoms with Crippen molar-refractivity contribution in [2.45, 2.75) is 174 Å². The molecule has 3 aliphatic heterocycles. The fourth-order valence-electron chi connectivity index (χ4n) is 8.94. The number of allylic oxidation sites excluding steroid dienone is 4. The van der Waals surface area contributed by atoms with Gasteiger partial charge < -0.3 is 44.8 Å². The van der Waals surface area contributed by atoms with Gasteiger partial charge in [0.05, 0.1) is 36.6 Å². The van der Waals surface area contributed by atoms with Crippen LogP contribution in [0.5, 0.6) is 0 Å². The molecule has 3 rings (SSSR count). The summed E-state index contributed by atoms with van der Waals surface area (Å²) in [5, 5.41) is 67.3. The molecule has 330 valence electrons. The minimum atomic E-state index is -2.23. The van der Waals surface area contributed by atoms with E-state index >= 15 is 0 Å². The van der Waals surface area contributed by atoms with Crippen molar-refractivity contribution >= 4 is 23.3 Å². The topological polar surface area (TPSA) is 217 Å². The van der Waals surface area contributed by atoms with Gasteiger partial charge in [-0.3, -0.25) is 14.4 Å². The molecule has 0 saturated carbocycles. The molecule has 58 heavy (non-hydrogen) atoms. The first-order valence-corrected chi connectivity index (χ1v) is 21.2. The van der Waals surface area contributed by atoms with Crippen molar-refractivity contribution in [3.8, 4) is 0 Å². The molecule has 0 radical (unpaired) electrons. The maximum atomic E-state index is 14.0. The highest BCUT2D eigenvalue weighted by atomic mass is 16.7. The highest BCUT2D eigenvalue weighted by Crippen LogP contribution is 2.49. The number of carbonyl (C=O) groups excluding carboxylic acids is 4. The quantitative estimate of drug-likeness (QED) is 0.221. The Morgan fingerprint density at radius 1 is 0.828 bits per heavy atom. The van der Waals surface area contributed by atoms with E-state index in [1.807, 2.05) is 38.2 Å². The van der Waals surface area contributed by atoms with E-state index in [1.54, 1.807) is 27.7 Å². The molecule has 2 saturated heterocycles. The first kappa shape index (κ1) is 49.7. The maximum absolute atomic E-state index is 14.0. The summed E-state index contributed by atoms with van der Waals surface area (Å²) in [6, 6.07) is 0. The Morgan fingerprint density at radius 2 is 1.45 bits per heavy atom. The number of hydrogen-bond donors (Lipinski definition) is 6. The summed E-state index contributed by atoms with van der Waals surface area (Å²) in [4.78, 5) is 54.6. The van der Waals surface area contributed by atoms with Gasteiger partial charge in [0, 0.05) is 42.1 Å². The van der Waals surface area contributed by atoms with Crippen LogP contribution in [0, 0.1) is 47.3 Å². The van der Waals surface area contributed by atoms with Crippen LogP contribution in [0.1, 0.15) is 115 Å². The Hall–Kier alpha value is -2.62. The first-order chi connectivity index (χ1) is 26.8. The fourth-order valence-corrected chi connectivity index (χ4v) is 8.94. The van der Waals surface area contributed by atoms with E-state index in [4.69, 9.17) is 14.2 Å². The van der Waals surface area contributed by atoms with Crippen molar-refractivity contribution in [1.82, 2.24) is 0 Å². The number of rotatable bonds is 3. The molecule has 13 nitrogen and oxygen atoms in total. The third-order valence-electron chi connectivity index (χ3n) is 13.3. The Morgan fingerprint density at radius 3 is 2.05 bits per heavy atom. The smallest absolute Gasteiger partial charge is 0.330 e. The van der Waals surface area contributed by atoms with Crippen molar-refractivity contribution in [2.24, 2.45) is 47.3 Å². The van der Waals surface area contributed by atoms with Crippen LogP contribution in [0.15, 0.2) is 36.5 Å². The van der Waals surface area contributed by atoms with Crippen LogP contribution in [-0.2, 0) is 33.4 Å². The summed E-state index contributed by atoms with van der Waals surface area (Å²) in [5.41, 5.74) is -4.38. The molecule has 0 amide bonds. The number of esters is 1. The van der Waals surface area contributed by atoms with Crippen LogP contribution >= 0.6 is 0 Å². The van der Waals surface area contributed by atoms with E-state index in [-0.39, 0.29) is 24.7 Å². The standard InChI is InChI=1S/C45H72O13/c1-12-32-17-15-13-14-16-25(3)40(52)43(10,54)41(53)31(9)39(51)30(8)38(50)29(7)37(49)24(2)18-21-36(48)56-42-28(6)33(20-19-32)57-45(44(42,11)55)35(47)22-26(4)34(58-45)23-27(5)46/h13-15,17-18,21,24-34,37,39-40,42,46,49,51-52,54-55H,12,16,19-20,22-23H2,1-11H3/b14-13-,17-15?,21-18-/t24-,25+,26-,27+,28+,29-,30-,31-,32-,33-,34-,37+,39+,40-,42+,43+,44+,45-/m0/s1. The Kier molecular flexibility index (Phi) is 17.4. The largest absolute Gasteiger partial charge is 0.456 e. The van der Waals surface area contributed by atoms with Gasteiger partial charge in [0.25, 0.3) is 5.79 Å². The molecule has 3 aliphatic rings. The molecular formula is C45H72O13. The first-order valence-electron chi connectivity index (χ1n) is 21.2. The number of aliphatic hydroxyl groups is 6. The summed E-state index contributed by atoms with van der Waals surface area (Å²) >= 11 is 0. The molecule has 1 spiro atoms. The van der Waals surface area contributed by atoms with E-state index in [9.17, 15) is 49.8 Å². The number of hydrogen-bond acceptors (Lipinski definition) is 13. The minimum Gasteiger partial charge on any atom is -0.456 e. The lowest BCUT2D eigenvalue weighted by molar-refractivity contribution is -0.388. The van der Waals surface area contributed by atoms with Crippen LogP contribution in [0.2, 0.25) is 0 Å². The zero-order valence-electron chi connectivity index (χ0n) is 36.4. The summed E-state index contributed by atoms with van der Waals surface area (Å²) in [6.07, 6.45) is 4.55. The number of carbonyl (C=O) groups is 4. The minimum absolute atomic E-state index is 0.00618. The third kappa shape index (κ3) is 10.8. The van der Waals surface area contributed by atoms with Crippen LogP contribution in [0.4, 0.5) is 0 Å². The summed E-state index contributed by atoms with van der Waals surface area (Å²) < 4.78 is 19.0. The maximum Gasteiger partial charge on any atom is 0.330 e. The summed E-state index contributed by atoms with van der Waals surface area (Å²) in [5.74, 6) is -10.5. The lowest BCUT2D eigenvalue weighted by Gasteiger charge is -2.57. The van der Waals surface area contributed by atoms with Crippen molar-refractivity contribution in [3.05, 3.63) is 36.5 Å². The fraction of sp³-hybridized carbons (Fsp3) is 0.778. The average Bonchev–Trinajstić information content (AvgIpc) is 3.16. The van der Waals surface area contributed by atoms with Gasteiger partial charge in [0.15, 0.2) is 17.2 Å². The number of Topliss-reactive ketones (excluding diaryl/α,β-unsaturated/α-hetero) is 3. The molecule has 0 aliphatic carbocycles. The van der Waals surface area contributed by atoms with E-state index < -0.39 is 119 Å². The monoisotopic (exact) mass is 820 g/mol. The molecule has 0 unspecified atom stereocenters. The van der Waals surface area contributed by atoms with Gasteiger partial charge in [-0.2, -0.15) is 0 Å². The lowest BCUT2D eigenvalue weighted by atomic mass is 9.71. The molecule has 18 atom stereocenters. The normalized spacial score (nSPS) is 46.4. The molecule has 0 aromatic carbocycles.